The summed E-state index contributed by atoms with van der Waals surface area (Å²) in [6.07, 6.45) is 5.33. The van der Waals surface area contributed by atoms with Crippen LogP contribution in [0, 0.1) is 0 Å². The molecule has 0 saturated heterocycles. The number of hydrogen-bond donors (Lipinski definition) is 0. The maximum Gasteiger partial charge on any atom is 0.232 e. The number of methoxy groups -OCH3 is 3. The number of pyridine rings is 1. The number of Topliss-reactive ketones (excluding diaryl/α,β-unsaturated/α-hetero) is 1. The van der Waals surface area contributed by atoms with Gasteiger partial charge >= 0.3 is 0 Å². The van der Waals surface area contributed by atoms with Gasteiger partial charge in [-0.15, -0.1) is 0 Å². The highest BCUT2D eigenvalue weighted by atomic mass is 16.5. The zero-order valence-corrected chi connectivity index (χ0v) is 17.3. The molecule has 0 N–H and O–H groups in total. The number of ketones is 1. The smallest absolute Gasteiger partial charge is 0.232 e. The Kier molecular flexibility index (Phi) is 5.44. The van der Waals surface area contributed by atoms with E-state index in [0.29, 0.717) is 41.4 Å². The average molecular weight is 408 g/mol. The van der Waals surface area contributed by atoms with Gasteiger partial charge in [-0.2, -0.15) is 0 Å². The van der Waals surface area contributed by atoms with E-state index in [9.17, 15) is 9.59 Å². The third-order valence-corrected chi connectivity index (χ3v) is 5.69. The number of rotatable bonds is 5. The first-order chi connectivity index (χ1) is 14.6. The van der Waals surface area contributed by atoms with Crippen LogP contribution in [-0.2, 0) is 9.59 Å². The maximum atomic E-state index is 13.3. The molecule has 1 atom stereocenters. The lowest BCUT2D eigenvalue weighted by atomic mass is 9.76. The molecule has 1 aliphatic carbocycles. The minimum Gasteiger partial charge on any atom is -0.496 e. The number of amides is 1. The molecule has 1 aromatic heterocycles. The van der Waals surface area contributed by atoms with Crippen molar-refractivity contribution in [3.63, 3.8) is 0 Å². The standard InChI is InChI=1S/C23H24N2O5/c1-28-19-12-21(30-3)20(29-2)10-15(19)16-11-22(27)25(14-6-5-9-24-13-14)17-7-4-8-18(26)23(16)17/h5-6,9-10,12-13,16H,4,7-8,11H2,1-3H3/t16-/m1/s1. The van der Waals surface area contributed by atoms with Crippen molar-refractivity contribution in [2.45, 2.75) is 31.6 Å². The summed E-state index contributed by atoms with van der Waals surface area (Å²) in [5, 5.41) is 0. The molecular formula is C23H24N2O5. The van der Waals surface area contributed by atoms with E-state index >= 15 is 0 Å². The highest BCUT2D eigenvalue weighted by Gasteiger charge is 2.41. The van der Waals surface area contributed by atoms with Crippen molar-refractivity contribution in [1.82, 2.24) is 4.98 Å². The van der Waals surface area contributed by atoms with E-state index in [4.69, 9.17) is 14.2 Å². The van der Waals surface area contributed by atoms with E-state index in [-0.39, 0.29) is 18.1 Å². The molecule has 0 bridgehead atoms. The van der Waals surface area contributed by atoms with Gasteiger partial charge in [0.15, 0.2) is 17.3 Å². The molecule has 7 heteroatoms. The van der Waals surface area contributed by atoms with Crippen molar-refractivity contribution in [3.05, 3.63) is 53.5 Å². The number of anilines is 1. The molecule has 30 heavy (non-hydrogen) atoms. The Bertz CT molecular complexity index is 1020. The summed E-state index contributed by atoms with van der Waals surface area (Å²) >= 11 is 0. The predicted octanol–water partition coefficient (Wildman–Crippen LogP) is 3.64. The summed E-state index contributed by atoms with van der Waals surface area (Å²) < 4.78 is 16.4. The Hall–Kier alpha value is -3.35. The van der Waals surface area contributed by atoms with Gasteiger partial charge in [0.05, 0.1) is 33.2 Å². The molecule has 156 valence electrons. The average Bonchev–Trinajstić information content (AvgIpc) is 2.78. The number of benzene rings is 1. The summed E-state index contributed by atoms with van der Waals surface area (Å²) in [4.78, 5) is 32.1. The quantitative estimate of drug-likeness (QED) is 0.752. The molecule has 2 heterocycles. The Morgan fingerprint density at radius 1 is 1.00 bits per heavy atom. The predicted molar refractivity (Wildman–Crippen MR) is 111 cm³/mol. The third-order valence-electron chi connectivity index (χ3n) is 5.69. The van der Waals surface area contributed by atoms with E-state index in [0.717, 1.165) is 17.7 Å². The highest BCUT2D eigenvalue weighted by Crippen LogP contribution is 2.47. The van der Waals surface area contributed by atoms with Crippen LogP contribution in [0.5, 0.6) is 17.2 Å². The molecule has 2 aliphatic rings. The number of ether oxygens (including phenoxy) is 3. The highest BCUT2D eigenvalue weighted by molar-refractivity contribution is 6.07. The lowest BCUT2D eigenvalue weighted by molar-refractivity contribution is -0.119. The van der Waals surface area contributed by atoms with Gasteiger partial charge < -0.3 is 14.2 Å². The first-order valence-corrected chi connectivity index (χ1v) is 9.88. The Morgan fingerprint density at radius 3 is 2.40 bits per heavy atom. The molecule has 1 amide bonds. The van der Waals surface area contributed by atoms with Crippen LogP contribution in [0.1, 0.15) is 37.2 Å². The maximum absolute atomic E-state index is 13.3. The monoisotopic (exact) mass is 408 g/mol. The second kappa shape index (κ2) is 8.18. The Balaban J connectivity index is 1.90. The first kappa shape index (κ1) is 19.9. The molecule has 0 radical (unpaired) electrons. The summed E-state index contributed by atoms with van der Waals surface area (Å²) in [5.74, 6) is 1.22. The molecule has 0 fully saturated rings. The number of nitrogens with zero attached hydrogens (tertiary/aromatic N) is 2. The van der Waals surface area contributed by atoms with Crippen molar-refractivity contribution in [1.29, 1.82) is 0 Å². The summed E-state index contributed by atoms with van der Waals surface area (Å²) in [7, 11) is 4.67. The number of allylic oxidation sites excluding steroid dienone is 2. The van der Waals surface area contributed by atoms with Crippen molar-refractivity contribution >= 4 is 17.4 Å². The SMILES string of the molecule is COc1cc(OC)c([C@H]2CC(=O)N(c3cccnc3)C3=C2C(=O)CCC3)cc1OC. The van der Waals surface area contributed by atoms with E-state index in [2.05, 4.69) is 4.98 Å². The van der Waals surface area contributed by atoms with Crippen molar-refractivity contribution < 1.29 is 23.8 Å². The minimum atomic E-state index is -0.400. The van der Waals surface area contributed by atoms with Crippen LogP contribution < -0.4 is 19.1 Å². The van der Waals surface area contributed by atoms with Crippen LogP contribution in [0.2, 0.25) is 0 Å². The molecule has 1 aromatic carbocycles. The van der Waals surface area contributed by atoms with Gasteiger partial charge in [0.25, 0.3) is 0 Å². The van der Waals surface area contributed by atoms with E-state index in [1.54, 1.807) is 50.8 Å². The molecule has 4 rings (SSSR count). The molecule has 1 aliphatic heterocycles. The lowest BCUT2D eigenvalue weighted by Gasteiger charge is -2.38. The fourth-order valence-electron chi connectivity index (χ4n) is 4.37. The molecule has 0 spiro atoms. The van der Waals surface area contributed by atoms with Gasteiger partial charge in [-0.1, -0.05) is 0 Å². The number of aromatic nitrogens is 1. The van der Waals surface area contributed by atoms with Crippen molar-refractivity contribution in [3.8, 4) is 17.2 Å². The van der Waals surface area contributed by atoms with Gasteiger partial charge in [-0.25, -0.2) is 0 Å². The van der Waals surface area contributed by atoms with Crippen molar-refractivity contribution in [2.24, 2.45) is 0 Å². The number of hydrogen-bond acceptors (Lipinski definition) is 6. The van der Waals surface area contributed by atoms with Crippen LogP contribution >= 0.6 is 0 Å². The summed E-state index contributed by atoms with van der Waals surface area (Å²) in [6, 6.07) is 7.17. The lowest BCUT2D eigenvalue weighted by Crippen LogP contribution is -2.40. The van der Waals surface area contributed by atoms with Gasteiger partial charge in [-0.3, -0.25) is 19.5 Å². The summed E-state index contributed by atoms with van der Waals surface area (Å²) in [6.45, 7) is 0. The Labute approximate surface area is 175 Å². The fourth-order valence-corrected chi connectivity index (χ4v) is 4.37. The van der Waals surface area contributed by atoms with E-state index in [1.165, 1.54) is 0 Å². The van der Waals surface area contributed by atoms with Gasteiger partial charge in [0.1, 0.15) is 5.75 Å². The van der Waals surface area contributed by atoms with Gasteiger partial charge in [0.2, 0.25) is 5.91 Å². The van der Waals surface area contributed by atoms with Crippen LogP contribution in [-0.4, -0.2) is 38.0 Å². The zero-order chi connectivity index (χ0) is 21.3. The van der Waals surface area contributed by atoms with E-state index in [1.807, 2.05) is 12.1 Å². The second-order valence-electron chi connectivity index (χ2n) is 7.28. The number of carbonyl (C=O) groups excluding carboxylic acids is 2. The molecule has 0 saturated carbocycles. The van der Waals surface area contributed by atoms with Crippen LogP contribution in [0.25, 0.3) is 0 Å². The normalized spacial score (nSPS) is 18.9. The number of carbonyl (C=O) groups is 2. The zero-order valence-electron chi connectivity index (χ0n) is 17.3. The van der Waals surface area contributed by atoms with Crippen LogP contribution in [0.15, 0.2) is 47.9 Å². The minimum absolute atomic E-state index is 0.0690. The third kappa shape index (κ3) is 3.30. The molecule has 0 unspecified atom stereocenters. The first-order valence-electron chi connectivity index (χ1n) is 9.88. The second-order valence-corrected chi connectivity index (χ2v) is 7.28. The largest absolute Gasteiger partial charge is 0.496 e. The molecule has 2 aromatic rings. The van der Waals surface area contributed by atoms with Crippen LogP contribution in [0.4, 0.5) is 5.69 Å². The van der Waals surface area contributed by atoms with Gasteiger partial charge in [0, 0.05) is 47.9 Å². The van der Waals surface area contributed by atoms with Crippen LogP contribution in [0.3, 0.4) is 0 Å². The van der Waals surface area contributed by atoms with Crippen molar-refractivity contribution in [2.75, 3.05) is 26.2 Å². The Morgan fingerprint density at radius 2 is 1.73 bits per heavy atom. The van der Waals surface area contributed by atoms with Gasteiger partial charge in [-0.05, 0) is 31.0 Å². The summed E-state index contributed by atoms with van der Waals surface area (Å²) in [5.41, 5.74) is 2.87. The molecular weight excluding hydrogens is 384 g/mol. The fraction of sp³-hybridized carbons (Fsp3) is 0.348. The topological polar surface area (TPSA) is 78.0 Å². The van der Waals surface area contributed by atoms with E-state index < -0.39 is 5.92 Å². The molecule has 7 nitrogen and oxygen atoms in total.